The number of benzene rings is 2. The first-order valence-electron chi connectivity index (χ1n) is 9.12. The maximum atomic E-state index is 12.2. The highest BCUT2D eigenvalue weighted by Crippen LogP contribution is 2.18. The van der Waals surface area contributed by atoms with Crippen molar-refractivity contribution in [2.24, 2.45) is 5.92 Å². The number of amides is 1. The highest BCUT2D eigenvalue weighted by Gasteiger charge is 2.26. The Bertz CT molecular complexity index is 762. The number of carbonyl (C=O) groups is 2. The van der Waals surface area contributed by atoms with Crippen molar-refractivity contribution in [3.63, 3.8) is 0 Å². The van der Waals surface area contributed by atoms with Gasteiger partial charge in [0.1, 0.15) is 12.4 Å². The molecule has 0 radical (unpaired) electrons. The first-order chi connectivity index (χ1) is 13.1. The van der Waals surface area contributed by atoms with Crippen LogP contribution in [0.2, 0.25) is 0 Å². The van der Waals surface area contributed by atoms with Crippen LogP contribution >= 0.6 is 0 Å². The summed E-state index contributed by atoms with van der Waals surface area (Å²) in [5.74, 6) is -0.574. The lowest BCUT2D eigenvalue weighted by Crippen LogP contribution is -2.42. The summed E-state index contributed by atoms with van der Waals surface area (Å²) in [6, 6.07) is 17.2. The van der Waals surface area contributed by atoms with E-state index in [1.165, 1.54) is 0 Å². The summed E-state index contributed by atoms with van der Waals surface area (Å²) in [6.45, 7) is 1.88. The number of carbonyl (C=O) groups excluding carboxylic acids is 1. The summed E-state index contributed by atoms with van der Waals surface area (Å²) < 4.78 is 5.73. The second-order valence-electron chi connectivity index (χ2n) is 6.76. The number of anilines is 1. The maximum Gasteiger partial charge on any atom is 0.307 e. The Balaban J connectivity index is 1.46. The zero-order valence-corrected chi connectivity index (χ0v) is 15.1. The van der Waals surface area contributed by atoms with Crippen LogP contribution in [0, 0.1) is 5.92 Å². The highest BCUT2D eigenvalue weighted by molar-refractivity contribution is 5.92. The molecule has 1 heterocycles. The van der Waals surface area contributed by atoms with Crippen LogP contribution in [0.3, 0.4) is 0 Å². The number of carboxylic acids is 1. The van der Waals surface area contributed by atoms with E-state index >= 15 is 0 Å². The second-order valence-corrected chi connectivity index (χ2v) is 6.76. The quantitative estimate of drug-likeness (QED) is 0.785. The number of ether oxygens (including phenoxy) is 1. The number of carboxylic acid groups (broad SMARTS) is 1. The van der Waals surface area contributed by atoms with Crippen LogP contribution in [0.5, 0.6) is 5.75 Å². The summed E-state index contributed by atoms with van der Waals surface area (Å²) in [4.78, 5) is 25.2. The van der Waals surface area contributed by atoms with Gasteiger partial charge in [-0.15, -0.1) is 0 Å². The fourth-order valence-corrected chi connectivity index (χ4v) is 3.18. The molecule has 2 aromatic carbocycles. The third-order valence-corrected chi connectivity index (χ3v) is 4.61. The summed E-state index contributed by atoms with van der Waals surface area (Å²) in [5, 5.41) is 12.0. The fourth-order valence-electron chi connectivity index (χ4n) is 3.18. The van der Waals surface area contributed by atoms with Gasteiger partial charge in [-0.2, -0.15) is 0 Å². The van der Waals surface area contributed by atoms with Crippen LogP contribution in [-0.4, -0.2) is 41.5 Å². The van der Waals surface area contributed by atoms with E-state index in [0.29, 0.717) is 25.3 Å². The van der Waals surface area contributed by atoms with E-state index in [1.54, 1.807) is 12.1 Å². The molecule has 2 aromatic rings. The van der Waals surface area contributed by atoms with Crippen LogP contribution in [0.15, 0.2) is 54.6 Å². The van der Waals surface area contributed by atoms with Crippen LogP contribution in [0.4, 0.5) is 5.69 Å². The summed E-state index contributed by atoms with van der Waals surface area (Å²) >= 11 is 0. The number of aliphatic carboxylic acids is 1. The molecule has 6 heteroatoms. The number of nitrogens with one attached hydrogen (secondary N) is 1. The number of likely N-dealkylation sites (tertiary alicyclic amines) is 1. The summed E-state index contributed by atoms with van der Waals surface area (Å²) in [7, 11) is 0. The lowest BCUT2D eigenvalue weighted by atomic mass is 9.98. The van der Waals surface area contributed by atoms with E-state index in [2.05, 4.69) is 5.32 Å². The Morgan fingerprint density at radius 3 is 2.56 bits per heavy atom. The SMILES string of the molecule is O=C(CN1CCCC(C(=O)O)C1)Nc1ccc(OCc2ccccc2)cc1. The number of nitrogens with zero attached hydrogens (tertiary/aromatic N) is 1. The molecule has 1 aliphatic rings. The van der Waals surface area contributed by atoms with E-state index < -0.39 is 5.97 Å². The van der Waals surface area contributed by atoms with Crippen molar-refractivity contribution in [1.29, 1.82) is 0 Å². The Morgan fingerprint density at radius 2 is 1.85 bits per heavy atom. The normalized spacial score (nSPS) is 17.3. The van der Waals surface area contributed by atoms with Crippen LogP contribution in [0.25, 0.3) is 0 Å². The lowest BCUT2D eigenvalue weighted by Gasteiger charge is -2.29. The molecule has 0 aromatic heterocycles. The number of hydrogen-bond donors (Lipinski definition) is 2. The van der Waals surface area contributed by atoms with Crippen molar-refractivity contribution in [2.75, 3.05) is 25.0 Å². The standard InChI is InChI=1S/C21H24N2O4/c24-20(14-23-12-4-7-17(13-23)21(25)26)22-18-8-10-19(11-9-18)27-15-16-5-2-1-3-6-16/h1-3,5-6,8-11,17H,4,7,12-15H2,(H,22,24)(H,25,26). The van der Waals surface area contributed by atoms with Crippen molar-refractivity contribution in [1.82, 2.24) is 4.90 Å². The first-order valence-corrected chi connectivity index (χ1v) is 9.12. The summed E-state index contributed by atoms with van der Waals surface area (Å²) in [6.07, 6.45) is 1.48. The zero-order chi connectivity index (χ0) is 19.1. The van der Waals surface area contributed by atoms with Gasteiger partial charge in [-0.25, -0.2) is 0 Å². The van der Waals surface area contributed by atoms with Gasteiger partial charge in [0.2, 0.25) is 5.91 Å². The monoisotopic (exact) mass is 368 g/mol. The van der Waals surface area contributed by atoms with Gasteiger partial charge in [-0.05, 0) is 49.2 Å². The van der Waals surface area contributed by atoms with E-state index in [4.69, 9.17) is 9.84 Å². The minimum atomic E-state index is -0.786. The van der Waals surface area contributed by atoms with Gasteiger partial charge >= 0.3 is 5.97 Å². The third kappa shape index (κ3) is 5.82. The molecule has 1 unspecified atom stereocenters. The van der Waals surface area contributed by atoms with Crippen molar-refractivity contribution in [3.05, 3.63) is 60.2 Å². The third-order valence-electron chi connectivity index (χ3n) is 4.61. The Hall–Kier alpha value is -2.86. The highest BCUT2D eigenvalue weighted by atomic mass is 16.5. The Labute approximate surface area is 158 Å². The molecular weight excluding hydrogens is 344 g/mol. The molecule has 6 nitrogen and oxygen atoms in total. The van der Waals surface area contributed by atoms with E-state index in [1.807, 2.05) is 47.4 Å². The average molecular weight is 368 g/mol. The first kappa shape index (κ1) is 18.9. The van der Waals surface area contributed by atoms with Crippen molar-refractivity contribution in [3.8, 4) is 5.75 Å². The molecule has 1 fully saturated rings. The predicted octanol–water partition coefficient (Wildman–Crippen LogP) is 3.00. The van der Waals surface area contributed by atoms with Crippen LogP contribution in [0.1, 0.15) is 18.4 Å². The van der Waals surface area contributed by atoms with Gasteiger partial charge in [-0.1, -0.05) is 30.3 Å². The van der Waals surface area contributed by atoms with Gasteiger partial charge in [0.15, 0.2) is 0 Å². The van der Waals surface area contributed by atoms with E-state index in [-0.39, 0.29) is 18.4 Å². The molecular formula is C21H24N2O4. The van der Waals surface area contributed by atoms with Crippen LogP contribution < -0.4 is 10.1 Å². The molecule has 2 N–H and O–H groups in total. The molecule has 3 rings (SSSR count). The lowest BCUT2D eigenvalue weighted by molar-refractivity contribution is -0.144. The average Bonchev–Trinajstić information content (AvgIpc) is 2.68. The molecule has 0 aliphatic carbocycles. The second kappa shape index (κ2) is 9.19. The molecule has 142 valence electrons. The zero-order valence-electron chi connectivity index (χ0n) is 15.1. The predicted molar refractivity (Wildman–Crippen MR) is 103 cm³/mol. The summed E-state index contributed by atoms with van der Waals surface area (Å²) in [5.41, 5.74) is 1.79. The van der Waals surface area contributed by atoms with Crippen molar-refractivity contribution >= 4 is 17.6 Å². The van der Waals surface area contributed by atoms with E-state index in [9.17, 15) is 9.59 Å². The van der Waals surface area contributed by atoms with E-state index in [0.717, 1.165) is 24.3 Å². The Morgan fingerprint density at radius 1 is 1.11 bits per heavy atom. The van der Waals surface area contributed by atoms with Gasteiger partial charge in [-0.3, -0.25) is 14.5 Å². The minimum absolute atomic E-state index is 0.140. The molecule has 0 saturated carbocycles. The van der Waals surface area contributed by atoms with Gasteiger partial charge in [0, 0.05) is 12.2 Å². The van der Waals surface area contributed by atoms with Crippen molar-refractivity contribution in [2.45, 2.75) is 19.4 Å². The topological polar surface area (TPSA) is 78.9 Å². The molecule has 27 heavy (non-hydrogen) atoms. The molecule has 1 aliphatic heterocycles. The molecule has 1 atom stereocenters. The number of piperidine rings is 1. The largest absolute Gasteiger partial charge is 0.489 e. The van der Waals surface area contributed by atoms with Gasteiger partial charge in [0.25, 0.3) is 0 Å². The molecule has 1 saturated heterocycles. The Kier molecular flexibility index (Phi) is 6.44. The number of hydrogen-bond acceptors (Lipinski definition) is 4. The smallest absolute Gasteiger partial charge is 0.307 e. The van der Waals surface area contributed by atoms with Crippen LogP contribution in [-0.2, 0) is 16.2 Å². The molecule has 1 amide bonds. The molecule has 0 bridgehead atoms. The number of rotatable bonds is 7. The van der Waals surface area contributed by atoms with Gasteiger partial charge in [0.05, 0.1) is 12.5 Å². The van der Waals surface area contributed by atoms with Crippen molar-refractivity contribution < 1.29 is 19.4 Å². The maximum absolute atomic E-state index is 12.2. The molecule has 0 spiro atoms. The van der Waals surface area contributed by atoms with Gasteiger partial charge < -0.3 is 15.2 Å². The fraction of sp³-hybridized carbons (Fsp3) is 0.333. The minimum Gasteiger partial charge on any atom is -0.489 e.